The van der Waals surface area contributed by atoms with Gasteiger partial charge in [-0.2, -0.15) is 0 Å². The Labute approximate surface area is 270 Å². The van der Waals surface area contributed by atoms with Gasteiger partial charge in [0.25, 0.3) is 5.56 Å². The number of rotatable bonds is 14. The zero-order chi connectivity index (χ0) is 31.3. The van der Waals surface area contributed by atoms with Crippen LogP contribution >= 0.6 is 22.6 Å². The van der Waals surface area contributed by atoms with E-state index in [2.05, 4.69) is 10.0 Å². The Bertz CT molecular complexity index is 1760. The third-order valence-electron chi connectivity index (χ3n) is 7.74. The number of nitrogens with zero attached hydrogens (tertiary/aromatic N) is 1. The zero-order valence-electron chi connectivity index (χ0n) is 24.6. The fourth-order valence-corrected chi connectivity index (χ4v) is 7.23. The highest BCUT2D eigenvalue weighted by Gasteiger charge is 2.56. The normalized spacial score (nSPS) is 14.6. The largest absolute Gasteiger partial charge is 0.374 e. The molecule has 1 heterocycles. The molecule has 1 fully saturated rings. The number of aromatic nitrogens is 1. The van der Waals surface area contributed by atoms with Crippen molar-refractivity contribution in [2.24, 2.45) is 7.05 Å². The number of hydrogen-bond donors (Lipinski definition) is 2. The SMILES string of the molecule is Cc1cc(NS(=O)(=O)C2(C[C@H](COCc3ccccc3)OCc3ccccc3)CC2)c(Nc2ccc(I)cc2F)n(C)c1=O. The maximum Gasteiger partial charge on any atom is 0.254 e. The summed E-state index contributed by atoms with van der Waals surface area (Å²) in [5, 5.41) is 2.93. The highest BCUT2D eigenvalue weighted by molar-refractivity contribution is 14.1. The first-order chi connectivity index (χ1) is 21.1. The summed E-state index contributed by atoms with van der Waals surface area (Å²) in [6.07, 6.45) is 0.638. The minimum atomic E-state index is -3.97. The summed E-state index contributed by atoms with van der Waals surface area (Å²) in [7, 11) is -2.45. The number of ether oxygens (including phenoxy) is 2. The van der Waals surface area contributed by atoms with Gasteiger partial charge in [0.05, 0.1) is 42.0 Å². The molecule has 8 nitrogen and oxygen atoms in total. The molecular formula is C33H35FIN3O5S. The van der Waals surface area contributed by atoms with E-state index in [4.69, 9.17) is 9.47 Å². The second-order valence-electron chi connectivity index (χ2n) is 11.1. The first kappa shape index (κ1) is 32.1. The molecule has 11 heteroatoms. The lowest BCUT2D eigenvalue weighted by Gasteiger charge is -2.26. The van der Waals surface area contributed by atoms with Crippen molar-refractivity contribution in [3.63, 3.8) is 0 Å². The van der Waals surface area contributed by atoms with Crippen LogP contribution in [0, 0.1) is 16.3 Å². The zero-order valence-corrected chi connectivity index (χ0v) is 27.5. The van der Waals surface area contributed by atoms with E-state index in [9.17, 15) is 17.6 Å². The molecule has 232 valence electrons. The fourth-order valence-electron chi connectivity index (χ4n) is 5.07. The highest BCUT2D eigenvalue weighted by atomic mass is 127. The lowest BCUT2D eigenvalue weighted by Crippen LogP contribution is -2.36. The van der Waals surface area contributed by atoms with Crippen molar-refractivity contribution < 1.29 is 22.3 Å². The molecule has 0 aliphatic heterocycles. The number of halogens is 2. The predicted octanol–water partition coefficient (Wildman–Crippen LogP) is 6.65. The maximum atomic E-state index is 14.7. The van der Waals surface area contributed by atoms with Crippen LogP contribution in [0.15, 0.2) is 89.7 Å². The van der Waals surface area contributed by atoms with Crippen LogP contribution in [0.1, 0.15) is 36.0 Å². The van der Waals surface area contributed by atoms with Crippen molar-refractivity contribution >= 4 is 49.8 Å². The quantitative estimate of drug-likeness (QED) is 0.141. The molecule has 1 aliphatic carbocycles. The first-order valence-electron chi connectivity index (χ1n) is 14.3. The summed E-state index contributed by atoms with van der Waals surface area (Å²) in [6, 6.07) is 25.6. The molecule has 3 aromatic carbocycles. The van der Waals surface area contributed by atoms with E-state index in [-0.39, 0.29) is 35.8 Å². The van der Waals surface area contributed by atoms with E-state index in [0.29, 0.717) is 35.2 Å². The van der Waals surface area contributed by atoms with Gasteiger partial charge >= 0.3 is 0 Å². The van der Waals surface area contributed by atoms with Gasteiger partial charge in [-0.3, -0.25) is 14.1 Å². The predicted molar refractivity (Wildman–Crippen MR) is 179 cm³/mol. The second kappa shape index (κ2) is 13.8. The van der Waals surface area contributed by atoms with Crippen LogP contribution in [-0.2, 0) is 39.8 Å². The minimum absolute atomic E-state index is 0.121. The van der Waals surface area contributed by atoms with Crippen molar-refractivity contribution in [1.82, 2.24) is 4.57 Å². The summed E-state index contributed by atoms with van der Waals surface area (Å²) >= 11 is 2.01. The monoisotopic (exact) mass is 731 g/mol. The van der Waals surface area contributed by atoms with Crippen LogP contribution in [0.25, 0.3) is 0 Å². The number of pyridine rings is 1. The molecule has 1 aromatic heterocycles. The van der Waals surface area contributed by atoms with E-state index in [1.54, 1.807) is 19.1 Å². The Balaban J connectivity index is 1.37. The molecule has 1 atom stereocenters. The van der Waals surface area contributed by atoms with Gasteiger partial charge in [-0.15, -0.1) is 0 Å². The van der Waals surface area contributed by atoms with Gasteiger partial charge < -0.3 is 14.8 Å². The molecule has 1 saturated carbocycles. The van der Waals surface area contributed by atoms with Crippen LogP contribution < -0.4 is 15.6 Å². The standard InChI is InChI=1S/C33H35FIN3O5S/c1-23-17-30(31(38(2)32(23)39)36-29-14-13-26(35)18-28(29)34)37-44(40,41)33(15-16-33)19-27(43-21-25-11-7-4-8-12-25)22-42-20-24-9-5-3-6-10-24/h3-14,17-18,27,36-37H,15-16,19-22H2,1-2H3/t27-/m1/s1. The number of sulfonamides is 1. The minimum Gasteiger partial charge on any atom is -0.374 e. The van der Waals surface area contributed by atoms with Crippen LogP contribution in [0.5, 0.6) is 0 Å². The van der Waals surface area contributed by atoms with Crippen molar-refractivity contribution in [2.75, 3.05) is 16.6 Å². The van der Waals surface area contributed by atoms with Crippen molar-refractivity contribution in [3.05, 3.63) is 121 Å². The third kappa shape index (κ3) is 7.68. The Kier molecular flexibility index (Phi) is 10.1. The molecule has 5 rings (SSSR count). The van der Waals surface area contributed by atoms with Gasteiger partial charge in [0.1, 0.15) is 11.6 Å². The Morgan fingerprint density at radius 1 is 0.955 bits per heavy atom. The molecule has 2 N–H and O–H groups in total. The van der Waals surface area contributed by atoms with E-state index in [1.165, 1.54) is 23.7 Å². The number of benzene rings is 3. The number of anilines is 3. The van der Waals surface area contributed by atoms with Gasteiger partial charge in [0.2, 0.25) is 10.0 Å². The molecule has 0 saturated heterocycles. The first-order valence-corrected chi connectivity index (χ1v) is 16.9. The summed E-state index contributed by atoms with van der Waals surface area (Å²) < 4.78 is 58.7. The molecule has 1 aliphatic rings. The summed E-state index contributed by atoms with van der Waals surface area (Å²) in [6.45, 7) is 2.53. The number of nitrogens with one attached hydrogen (secondary N) is 2. The van der Waals surface area contributed by atoms with Gasteiger partial charge in [-0.05, 0) is 84.2 Å². The molecular weight excluding hydrogens is 696 g/mol. The Morgan fingerprint density at radius 2 is 1.59 bits per heavy atom. The van der Waals surface area contributed by atoms with Crippen molar-refractivity contribution in [1.29, 1.82) is 0 Å². The molecule has 4 aromatic rings. The third-order valence-corrected chi connectivity index (χ3v) is 10.6. The van der Waals surface area contributed by atoms with Gasteiger partial charge in [-0.1, -0.05) is 60.7 Å². The Morgan fingerprint density at radius 3 is 2.20 bits per heavy atom. The molecule has 0 radical (unpaired) electrons. The van der Waals surface area contributed by atoms with E-state index in [1.807, 2.05) is 83.3 Å². The van der Waals surface area contributed by atoms with Crippen LogP contribution in [0.4, 0.5) is 21.6 Å². The average molecular weight is 732 g/mol. The Hall–Kier alpha value is -3.26. The summed E-state index contributed by atoms with van der Waals surface area (Å²) in [4.78, 5) is 12.8. The smallest absolute Gasteiger partial charge is 0.254 e. The topological polar surface area (TPSA) is 98.7 Å². The molecule has 0 bridgehead atoms. The van der Waals surface area contributed by atoms with Crippen molar-refractivity contribution in [2.45, 2.75) is 50.3 Å². The van der Waals surface area contributed by atoms with Gasteiger partial charge in [0.15, 0.2) is 0 Å². The van der Waals surface area contributed by atoms with Gasteiger partial charge in [0, 0.05) is 16.2 Å². The van der Waals surface area contributed by atoms with Crippen LogP contribution in [-0.4, -0.2) is 30.4 Å². The van der Waals surface area contributed by atoms with E-state index < -0.39 is 26.7 Å². The van der Waals surface area contributed by atoms with E-state index in [0.717, 1.165) is 11.1 Å². The van der Waals surface area contributed by atoms with Gasteiger partial charge in [-0.25, -0.2) is 12.8 Å². The summed E-state index contributed by atoms with van der Waals surface area (Å²) in [5.41, 5.74) is 2.30. The highest BCUT2D eigenvalue weighted by Crippen LogP contribution is 2.49. The average Bonchev–Trinajstić information content (AvgIpc) is 3.80. The van der Waals surface area contributed by atoms with Crippen molar-refractivity contribution in [3.8, 4) is 0 Å². The molecule has 0 amide bonds. The second-order valence-corrected chi connectivity index (χ2v) is 14.4. The summed E-state index contributed by atoms with van der Waals surface area (Å²) in [5.74, 6) is -0.380. The maximum absolute atomic E-state index is 14.7. The molecule has 0 spiro atoms. The number of aryl methyl sites for hydroxylation is 1. The number of hydrogen-bond acceptors (Lipinski definition) is 6. The molecule has 0 unspecified atom stereocenters. The van der Waals surface area contributed by atoms with E-state index >= 15 is 0 Å². The van der Waals surface area contributed by atoms with Crippen LogP contribution in [0.3, 0.4) is 0 Å². The lowest BCUT2D eigenvalue weighted by molar-refractivity contribution is -0.0344. The molecule has 44 heavy (non-hydrogen) atoms. The fraction of sp³-hybridized carbons (Fsp3) is 0.303. The lowest BCUT2D eigenvalue weighted by atomic mass is 10.1. The van der Waals surface area contributed by atoms with Crippen LogP contribution in [0.2, 0.25) is 0 Å².